The first-order chi connectivity index (χ1) is 22.2. The van der Waals surface area contributed by atoms with E-state index < -0.39 is 35.2 Å². The molecule has 0 spiro atoms. The Morgan fingerprint density at radius 1 is 1.20 bits per heavy atom. The van der Waals surface area contributed by atoms with Gasteiger partial charge >= 0.3 is 12.0 Å². The number of aromatic hydroxyl groups is 1. The average molecular weight is 638 g/mol. The number of carbonyl (C=O) groups is 1. The molecule has 1 unspecified atom stereocenters. The molecule has 242 valence electrons. The van der Waals surface area contributed by atoms with Crippen molar-refractivity contribution < 1.29 is 37.7 Å². The molecular weight excluding hydrogens is 603 g/mol. The quantitative estimate of drug-likeness (QED) is 0.290. The van der Waals surface area contributed by atoms with Gasteiger partial charge in [-0.25, -0.2) is 13.2 Å². The maximum absolute atomic E-state index is 16.8. The first-order valence-electron chi connectivity index (χ1n) is 15.6. The van der Waals surface area contributed by atoms with Crippen LogP contribution < -0.4 is 9.64 Å². The zero-order valence-corrected chi connectivity index (χ0v) is 25.3. The summed E-state index contributed by atoms with van der Waals surface area (Å²) in [6.45, 7) is 3.54. The largest absolute Gasteiger partial charge is 0.508 e. The molecule has 5 heterocycles. The number of benzene rings is 2. The lowest BCUT2D eigenvalue weighted by atomic mass is 9.94. The highest BCUT2D eigenvalue weighted by atomic mass is 19.1. The third kappa shape index (κ3) is 5.24. The van der Waals surface area contributed by atoms with E-state index in [9.17, 15) is 23.8 Å². The van der Waals surface area contributed by atoms with Crippen molar-refractivity contribution in [2.45, 2.75) is 44.3 Å². The van der Waals surface area contributed by atoms with Gasteiger partial charge in [0.1, 0.15) is 41.4 Å². The van der Waals surface area contributed by atoms with Crippen LogP contribution in [0.4, 0.5) is 19.0 Å². The number of aryl methyl sites for hydroxylation is 1. The second-order valence-corrected chi connectivity index (χ2v) is 12.4. The molecule has 3 aliphatic rings. The van der Waals surface area contributed by atoms with Crippen molar-refractivity contribution in [3.05, 3.63) is 47.7 Å². The van der Waals surface area contributed by atoms with E-state index in [1.54, 1.807) is 11.8 Å². The van der Waals surface area contributed by atoms with Gasteiger partial charge in [-0.2, -0.15) is 9.97 Å². The van der Waals surface area contributed by atoms with Crippen molar-refractivity contribution in [3.8, 4) is 23.0 Å². The van der Waals surface area contributed by atoms with Crippen LogP contribution in [0, 0.1) is 17.6 Å². The summed E-state index contributed by atoms with van der Waals surface area (Å²) < 4.78 is 57.9. The van der Waals surface area contributed by atoms with E-state index in [1.165, 1.54) is 30.5 Å². The number of hydrogen-bond acceptors (Lipinski definition) is 9. The monoisotopic (exact) mass is 637 g/mol. The van der Waals surface area contributed by atoms with Crippen molar-refractivity contribution in [2.75, 3.05) is 50.9 Å². The summed E-state index contributed by atoms with van der Waals surface area (Å²) in [6.07, 6.45) is 2.73. The molecule has 0 bridgehead atoms. The van der Waals surface area contributed by atoms with Crippen LogP contribution in [0.2, 0.25) is 0 Å². The number of aliphatic carboxylic acids is 1. The number of nitrogens with zero attached hydrogens (tertiary/aromatic N) is 5. The lowest BCUT2D eigenvalue weighted by Gasteiger charge is -2.31. The highest BCUT2D eigenvalue weighted by Crippen LogP contribution is 2.42. The molecule has 3 saturated heterocycles. The molecule has 46 heavy (non-hydrogen) atoms. The summed E-state index contributed by atoms with van der Waals surface area (Å²) >= 11 is 0. The maximum Gasteiger partial charge on any atom is 0.319 e. The summed E-state index contributed by atoms with van der Waals surface area (Å²) in [6, 6.07) is 5.53. The summed E-state index contributed by atoms with van der Waals surface area (Å²) in [5.41, 5.74) is -0.241. The Balaban J connectivity index is 1.38. The number of carboxylic acid groups (broad SMARTS) is 1. The fourth-order valence-corrected chi connectivity index (χ4v) is 7.35. The normalized spacial score (nSPS) is 23.6. The standard InChI is InChI=1S/C33H34F3N5O5/c1-2-22-25(35)5-4-18-10-21(42)11-23(26(18)22)28-27(36)29-24(13-37-28)30(40-8-9-45-16-19(14-40)31(43)44)39-32(38-29)46-17-33-6-3-7-41(33)15-20(34)12-33/h4-5,10-11,13,19-20,42H,2-3,6-9,12,14-17H2,1H3,(H,43,44)/t19?,20-,33+/m1/s1. The topological polar surface area (TPSA) is 121 Å². The molecule has 3 atom stereocenters. The minimum atomic E-state index is -1.04. The highest BCUT2D eigenvalue weighted by molar-refractivity contribution is 6.01. The number of ether oxygens (including phenoxy) is 2. The molecule has 3 aliphatic heterocycles. The Morgan fingerprint density at radius 2 is 2.04 bits per heavy atom. The fraction of sp³-hybridized carbons (Fsp3) is 0.455. The van der Waals surface area contributed by atoms with Gasteiger partial charge in [0, 0.05) is 37.8 Å². The molecule has 0 radical (unpaired) electrons. The van der Waals surface area contributed by atoms with E-state index in [1.807, 2.05) is 0 Å². The van der Waals surface area contributed by atoms with E-state index >= 15 is 4.39 Å². The summed E-state index contributed by atoms with van der Waals surface area (Å²) in [5, 5.41) is 21.5. The van der Waals surface area contributed by atoms with Gasteiger partial charge in [-0.15, -0.1) is 0 Å². The minimum Gasteiger partial charge on any atom is -0.508 e. The molecular formula is C33H34F3N5O5. The fourth-order valence-electron chi connectivity index (χ4n) is 7.35. The van der Waals surface area contributed by atoms with E-state index in [0.717, 1.165) is 19.4 Å². The number of rotatable bonds is 7. The van der Waals surface area contributed by atoms with Crippen molar-refractivity contribution in [2.24, 2.45) is 5.92 Å². The van der Waals surface area contributed by atoms with Gasteiger partial charge in [0.2, 0.25) is 0 Å². The molecule has 0 amide bonds. The SMILES string of the molecule is CCc1c(F)ccc2cc(O)cc(-c3ncc4c(N5CCOCC(C(=O)O)C5)nc(OC[C@@]56CCCN5C[C@H](F)C6)nc4c3F)c12. The van der Waals surface area contributed by atoms with Gasteiger partial charge in [-0.05, 0) is 60.3 Å². The molecule has 10 nitrogen and oxygen atoms in total. The van der Waals surface area contributed by atoms with E-state index in [2.05, 4.69) is 19.9 Å². The molecule has 4 aromatic rings. The Morgan fingerprint density at radius 3 is 2.85 bits per heavy atom. The molecule has 13 heteroatoms. The number of pyridine rings is 1. The lowest BCUT2D eigenvalue weighted by molar-refractivity contribution is -0.143. The van der Waals surface area contributed by atoms with E-state index in [4.69, 9.17) is 9.47 Å². The lowest BCUT2D eigenvalue weighted by Crippen LogP contribution is -2.43. The van der Waals surface area contributed by atoms with Crippen molar-refractivity contribution in [1.82, 2.24) is 19.9 Å². The molecule has 2 N–H and O–H groups in total. The predicted octanol–water partition coefficient (Wildman–Crippen LogP) is 4.88. The van der Waals surface area contributed by atoms with Crippen LogP contribution in [-0.2, 0) is 16.0 Å². The van der Waals surface area contributed by atoms with Gasteiger partial charge in [0.25, 0.3) is 0 Å². The predicted molar refractivity (Wildman–Crippen MR) is 164 cm³/mol. The molecule has 2 aromatic carbocycles. The molecule has 2 aromatic heterocycles. The number of alkyl halides is 1. The number of hydrogen-bond donors (Lipinski definition) is 2. The maximum atomic E-state index is 16.8. The first-order valence-corrected chi connectivity index (χ1v) is 15.6. The third-order valence-electron chi connectivity index (χ3n) is 9.55. The number of aromatic nitrogens is 3. The van der Waals surface area contributed by atoms with E-state index in [0.29, 0.717) is 35.7 Å². The Labute approximate surface area is 262 Å². The van der Waals surface area contributed by atoms with E-state index in [-0.39, 0.29) is 72.6 Å². The number of halogens is 3. The number of phenolic OH excluding ortho intramolecular Hbond substituents is 1. The zero-order chi connectivity index (χ0) is 32.2. The number of carboxylic acids is 1. The van der Waals surface area contributed by atoms with Crippen LogP contribution in [0.1, 0.15) is 31.7 Å². The van der Waals surface area contributed by atoms with Crippen LogP contribution in [0.15, 0.2) is 30.5 Å². The zero-order valence-electron chi connectivity index (χ0n) is 25.3. The second kappa shape index (κ2) is 11.8. The average Bonchev–Trinajstić information content (AvgIpc) is 3.43. The Bertz CT molecular complexity index is 1840. The minimum absolute atomic E-state index is 0.0125. The number of fused-ring (bicyclic) bond motifs is 3. The van der Waals surface area contributed by atoms with Crippen molar-refractivity contribution >= 4 is 33.5 Å². The molecule has 0 aliphatic carbocycles. The van der Waals surface area contributed by atoms with Gasteiger partial charge in [-0.1, -0.05) is 13.0 Å². The van der Waals surface area contributed by atoms with Crippen LogP contribution in [0.3, 0.4) is 0 Å². The second-order valence-electron chi connectivity index (χ2n) is 12.4. The van der Waals surface area contributed by atoms with Crippen LogP contribution in [-0.4, -0.2) is 93.7 Å². The van der Waals surface area contributed by atoms with Gasteiger partial charge in [0.05, 0.1) is 30.1 Å². The summed E-state index contributed by atoms with van der Waals surface area (Å²) in [7, 11) is 0. The van der Waals surface area contributed by atoms with Crippen LogP contribution in [0.5, 0.6) is 11.8 Å². The molecule has 0 saturated carbocycles. The van der Waals surface area contributed by atoms with Crippen LogP contribution in [0.25, 0.3) is 32.9 Å². The Hall–Kier alpha value is -4.23. The first kappa shape index (κ1) is 30.4. The number of phenols is 1. The molecule has 7 rings (SSSR count). The molecule has 3 fully saturated rings. The van der Waals surface area contributed by atoms with Gasteiger partial charge < -0.3 is 24.6 Å². The highest BCUT2D eigenvalue weighted by Gasteiger charge is 2.49. The smallest absolute Gasteiger partial charge is 0.319 e. The summed E-state index contributed by atoms with van der Waals surface area (Å²) in [5.74, 6) is -3.10. The Kier molecular flexibility index (Phi) is 7.84. The number of anilines is 1. The van der Waals surface area contributed by atoms with Crippen molar-refractivity contribution in [3.63, 3.8) is 0 Å². The van der Waals surface area contributed by atoms with Crippen LogP contribution >= 0.6 is 0 Å². The van der Waals surface area contributed by atoms with Crippen molar-refractivity contribution in [1.29, 1.82) is 0 Å². The summed E-state index contributed by atoms with van der Waals surface area (Å²) in [4.78, 5) is 29.3. The van der Waals surface area contributed by atoms with Gasteiger partial charge in [0.15, 0.2) is 5.82 Å². The van der Waals surface area contributed by atoms with Gasteiger partial charge in [-0.3, -0.25) is 14.7 Å². The third-order valence-corrected chi connectivity index (χ3v) is 9.55.